The van der Waals surface area contributed by atoms with Crippen molar-refractivity contribution >= 4 is 17.6 Å². The number of esters is 1. The number of rotatable bonds is 5. The van der Waals surface area contributed by atoms with Crippen molar-refractivity contribution in [2.75, 3.05) is 12.4 Å². The van der Waals surface area contributed by atoms with Crippen LogP contribution in [0.4, 0.5) is 14.5 Å². The Labute approximate surface area is 159 Å². The largest absolute Gasteiger partial charge is 0.496 e. The van der Waals surface area contributed by atoms with E-state index in [9.17, 15) is 18.4 Å². The summed E-state index contributed by atoms with van der Waals surface area (Å²) in [6, 6.07) is 15.1. The molecular formula is C21H15F2NO4. The zero-order valence-electron chi connectivity index (χ0n) is 14.7. The zero-order chi connectivity index (χ0) is 20.1. The minimum atomic E-state index is -1.03. The van der Waals surface area contributed by atoms with Gasteiger partial charge in [-0.05, 0) is 54.6 Å². The summed E-state index contributed by atoms with van der Waals surface area (Å²) >= 11 is 0. The number of para-hydroxylation sites is 1. The number of hydrogen-bond acceptors (Lipinski definition) is 4. The van der Waals surface area contributed by atoms with Crippen molar-refractivity contribution in [2.45, 2.75) is 0 Å². The maximum atomic E-state index is 13.6. The minimum absolute atomic E-state index is 0.115. The van der Waals surface area contributed by atoms with Crippen LogP contribution in [0, 0.1) is 11.6 Å². The molecule has 3 aromatic carbocycles. The maximum Gasteiger partial charge on any atom is 0.346 e. The monoisotopic (exact) mass is 383 g/mol. The first-order valence-corrected chi connectivity index (χ1v) is 8.19. The third kappa shape index (κ3) is 4.32. The first kappa shape index (κ1) is 19.0. The molecule has 28 heavy (non-hydrogen) atoms. The molecule has 3 rings (SSSR count). The zero-order valence-corrected chi connectivity index (χ0v) is 14.7. The summed E-state index contributed by atoms with van der Waals surface area (Å²) in [5.41, 5.74) is 0.309. The molecule has 0 radical (unpaired) electrons. The molecule has 3 aromatic rings. The number of anilines is 1. The van der Waals surface area contributed by atoms with Gasteiger partial charge < -0.3 is 14.8 Å². The van der Waals surface area contributed by atoms with Crippen LogP contribution in [0.5, 0.6) is 11.5 Å². The Morgan fingerprint density at radius 3 is 2.32 bits per heavy atom. The number of benzene rings is 3. The Kier molecular flexibility index (Phi) is 5.64. The van der Waals surface area contributed by atoms with Crippen LogP contribution in [0.2, 0.25) is 0 Å². The van der Waals surface area contributed by atoms with E-state index in [1.165, 1.54) is 31.4 Å². The fourth-order valence-electron chi connectivity index (χ4n) is 2.45. The van der Waals surface area contributed by atoms with Gasteiger partial charge >= 0.3 is 5.97 Å². The Morgan fingerprint density at radius 2 is 1.61 bits per heavy atom. The van der Waals surface area contributed by atoms with Crippen molar-refractivity contribution in [3.8, 4) is 11.5 Å². The van der Waals surface area contributed by atoms with Crippen molar-refractivity contribution < 1.29 is 27.8 Å². The number of carbonyl (C=O) groups excluding carboxylic acids is 2. The van der Waals surface area contributed by atoms with E-state index in [2.05, 4.69) is 5.32 Å². The number of hydrogen-bond donors (Lipinski definition) is 1. The molecule has 0 saturated carbocycles. The van der Waals surface area contributed by atoms with E-state index in [1.807, 2.05) is 0 Å². The summed E-state index contributed by atoms with van der Waals surface area (Å²) in [5, 5.41) is 2.69. The summed E-state index contributed by atoms with van der Waals surface area (Å²) < 4.78 is 37.0. The Hall–Kier alpha value is -3.74. The number of methoxy groups -OCH3 is 1. The van der Waals surface area contributed by atoms with Crippen molar-refractivity contribution in [1.29, 1.82) is 0 Å². The number of ether oxygens (including phenoxy) is 2. The fourth-order valence-corrected chi connectivity index (χ4v) is 2.45. The molecule has 0 fully saturated rings. The van der Waals surface area contributed by atoms with Crippen molar-refractivity contribution in [2.24, 2.45) is 0 Å². The molecule has 7 heteroatoms. The molecule has 0 aromatic heterocycles. The molecule has 0 unspecified atom stereocenters. The molecular weight excluding hydrogens is 368 g/mol. The lowest BCUT2D eigenvalue weighted by Gasteiger charge is -2.10. The van der Waals surface area contributed by atoms with E-state index in [4.69, 9.17) is 9.47 Å². The van der Waals surface area contributed by atoms with E-state index in [0.29, 0.717) is 17.0 Å². The normalized spacial score (nSPS) is 10.2. The quantitative estimate of drug-likeness (QED) is 0.522. The van der Waals surface area contributed by atoms with Gasteiger partial charge in [0.25, 0.3) is 5.91 Å². The summed E-state index contributed by atoms with van der Waals surface area (Å²) in [4.78, 5) is 24.4. The summed E-state index contributed by atoms with van der Waals surface area (Å²) in [6.07, 6.45) is 0. The van der Waals surface area contributed by atoms with Gasteiger partial charge in [0, 0.05) is 5.69 Å². The molecule has 1 N–H and O–H groups in total. The molecule has 0 heterocycles. The van der Waals surface area contributed by atoms with Gasteiger partial charge in [-0.15, -0.1) is 0 Å². The lowest BCUT2D eigenvalue weighted by atomic mass is 10.2. The second-order valence-corrected chi connectivity index (χ2v) is 5.69. The highest BCUT2D eigenvalue weighted by molar-refractivity contribution is 6.06. The van der Waals surface area contributed by atoms with Gasteiger partial charge in [0.05, 0.1) is 18.2 Å². The molecule has 1 amide bonds. The minimum Gasteiger partial charge on any atom is -0.496 e. The van der Waals surface area contributed by atoms with Gasteiger partial charge in [0.1, 0.15) is 23.1 Å². The van der Waals surface area contributed by atoms with E-state index < -0.39 is 23.2 Å². The average Bonchev–Trinajstić information content (AvgIpc) is 2.71. The standard InChI is InChI=1S/C21H15F2NO4/c1-27-19-5-3-2-4-16(19)20(25)24-14-7-9-15(10-8-14)28-21(26)17-12-13(22)6-11-18(17)23/h2-12H,1H3,(H,24,25). The molecule has 5 nitrogen and oxygen atoms in total. The molecule has 0 aliphatic carbocycles. The highest BCUT2D eigenvalue weighted by Gasteiger charge is 2.16. The topological polar surface area (TPSA) is 64.6 Å². The van der Waals surface area contributed by atoms with E-state index >= 15 is 0 Å². The molecule has 142 valence electrons. The first-order valence-electron chi connectivity index (χ1n) is 8.19. The van der Waals surface area contributed by atoms with E-state index in [1.54, 1.807) is 24.3 Å². The second kappa shape index (κ2) is 8.30. The van der Waals surface area contributed by atoms with E-state index in [-0.39, 0.29) is 11.7 Å². The number of halogens is 2. The average molecular weight is 383 g/mol. The third-order valence-corrected chi connectivity index (χ3v) is 3.82. The van der Waals surface area contributed by atoms with Crippen LogP contribution in [-0.4, -0.2) is 19.0 Å². The predicted octanol–water partition coefficient (Wildman–Crippen LogP) is 4.44. The lowest BCUT2D eigenvalue weighted by Crippen LogP contribution is -2.13. The summed E-state index contributed by atoms with van der Waals surface area (Å²) in [6.45, 7) is 0. The van der Waals surface area contributed by atoms with Crippen LogP contribution in [0.3, 0.4) is 0 Å². The van der Waals surface area contributed by atoms with Gasteiger partial charge in [-0.3, -0.25) is 4.79 Å². The van der Waals surface area contributed by atoms with Crippen LogP contribution in [0.15, 0.2) is 66.7 Å². The number of nitrogens with one attached hydrogen (secondary N) is 1. The van der Waals surface area contributed by atoms with Gasteiger partial charge in [0.15, 0.2) is 0 Å². The van der Waals surface area contributed by atoms with Crippen LogP contribution in [-0.2, 0) is 0 Å². The first-order chi connectivity index (χ1) is 13.5. The maximum absolute atomic E-state index is 13.6. The molecule has 0 saturated heterocycles. The number of carbonyl (C=O) groups is 2. The number of amides is 1. The highest BCUT2D eigenvalue weighted by atomic mass is 19.1. The summed E-state index contributed by atoms with van der Waals surface area (Å²) in [5.74, 6) is -2.48. The summed E-state index contributed by atoms with van der Waals surface area (Å²) in [7, 11) is 1.47. The highest BCUT2D eigenvalue weighted by Crippen LogP contribution is 2.21. The van der Waals surface area contributed by atoms with Crippen LogP contribution in [0.25, 0.3) is 0 Å². The van der Waals surface area contributed by atoms with Crippen molar-refractivity contribution in [1.82, 2.24) is 0 Å². The Bertz CT molecular complexity index is 1020. The smallest absolute Gasteiger partial charge is 0.346 e. The molecule has 0 aliphatic rings. The second-order valence-electron chi connectivity index (χ2n) is 5.69. The SMILES string of the molecule is COc1ccccc1C(=O)Nc1ccc(OC(=O)c2cc(F)ccc2F)cc1. The van der Waals surface area contributed by atoms with Crippen molar-refractivity contribution in [3.63, 3.8) is 0 Å². The Balaban J connectivity index is 1.69. The molecule has 0 atom stereocenters. The fraction of sp³-hybridized carbons (Fsp3) is 0.0476. The van der Waals surface area contributed by atoms with Crippen LogP contribution < -0.4 is 14.8 Å². The molecule has 0 spiro atoms. The predicted molar refractivity (Wildman–Crippen MR) is 98.7 cm³/mol. The van der Waals surface area contributed by atoms with Gasteiger partial charge in [-0.1, -0.05) is 12.1 Å². The molecule has 0 bridgehead atoms. The lowest BCUT2D eigenvalue weighted by molar-refractivity contribution is 0.0729. The van der Waals surface area contributed by atoms with Crippen LogP contribution >= 0.6 is 0 Å². The van der Waals surface area contributed by atoms with Crippen LogP contribution in [0.1, 0.15) is 20.7 Å². The van der Waals surface area contributed by atoms with Gasteiger partial charge in [-0.2, -0.15) is 0 Å². The third-order valence-electron chi connectivity index (χ3n) is 3.82. The van der Waals surface area contributed by atoms with Gasteiger partial charge in [-0.25, -0.2) is 13.6 Å². The van der Waals surface area contributed by atoms with Gasteiger partial charge in [0.2, 0.25) is 0 Å². The van der Waals surface area contributed by atoms with E-state index in [0.717, 1.165) is 18.2 Å². The molecule has 0 aliphatic heterocycles. The Morgan fingerprint density at radius 1 is 0.893 bits per heavy atom. The van der Waals surface area contributed by atoms with Crippen molar-refractivity contribution in [3.05, 3.63) is 89.5 Å².